The number of aliphatic imine (C=N–C) groups is 1. The zero-order chi connectivity index (χ0) is 33.2. The number of piperidine rings is 1. The van der Waals surface area contributed by atoms with Crippen LogP contribution in [0.2, 0.25) is 5.02 Å². The van der Waals surface area contributed by atoms with E-state index < -0.39 is 0 Å². The van der Waals surface area contributed by atoms with Gasteiger partial charge in [0.2, 0.25) is 5.88 Å². The van der Waals surface area contributed by atoms with Crippen molar-refractivity contribution in [2.75, 3.05) is 58.5 Å². The first-order valence-corrected chi connectivity index (χ1v) is 16.2. The molecule has 0 aliphatic carbocycles. The van der Waals surface area contributed by atoms with Crippen molar-refractivity contribution >= 4 is 29.7 Å². The van der Waals surface area contributed by atoms with Crippen molar-refractivity contribution in [3.8, 4) is 17.4 Å². The summed E-state index contributed by atoms with van der Waals surface area (Å²) in [5.74, 6) is 1.02. The van der Waals surface area contributed by atoms with Crippen LogP contribution in [0.3, 0.4) is 0 Å². The maximum atomic E-state index is 14.2. The van der Waals surface area contributed by atoms with Gasteiger partial charge < -0.3 is 29.1 Å². The number of phenolic OH excluding ortho intramolecular Hbond substituents is 1. The number of ether oxygens (including phenoxy) is 3. The molecule has 8 nitrogen and oxygen atoms in total. The molecule has 0 radical (unpaired) electrons. The molecule has 1 N–H and O–H groups in total. The van der Waals surface area contributed by atoms with Crippen LogP contribution in [0, 0.1) is 5.82 Å². The molecule has 0 unspecified atom stereocenters. The minimum absolute atomic E-state index is 0.0942. The zero-order valence-corrected chi connectivity index (χ0v) is 27.8. The fourth-order valence-electron chi connectivity index (χ4n) is 5.94. The lowest BCUT2D eigenvalue weighted by Crippen LogP contribution is -2.40. The number of pyridine rings is 1. The van der Waals surface area contributed by atoms with Gasteiger partial charge in [-0.1, -0.05) is 35.9 Å². The van der Waals surface area contributed by atoms with Crippen molar-refractivity contribution in [3.05, 3.63) is 106 Å². The van der Waals surface area contributed by atoms with Crippen molar-refractivity contribution in [1.82, 2.24) is 9.88 Å². The van der Waals surface area contributed by atoms with Crippen LogP contribution >= 0.6 is 11.6 Å². The van der Waals surface area contributed by atoms with Gasteiger partial charge in [0, 0.05) is 55.0 Å². The third kappa shape index (κ3) is 9.22. The van der Waals surface area contributed by atoms with Gasteiger partial charge in [0.25, 0.3) is 0 Å². The lowest BCUT2D eigenvalue weighted by molar-refractivity contribution is 0.197. The highest BCUT2D eigenvalue weighted by Crippen LogP contribution is 2.33. The summed E-state index contributed by atoms with van der Waals surface area (Å²) in [6.45, 7) is 8.96. The predicted octanol–water partition coefficient (Wildman–Crippen LogP) is 7.42. The fourth-order valence-corrected chi connectivity index (χ4v) is 6.10. The number of halogens is 2. The number of aromatic nitrogens is 1. The van der Waals surface area contributed by atoms with Crippen molar-refractivity contribution in [3.63, 3.8) is 0 Å². The lowest BCUT2D eigenvalue weighted by atomic mass is 9.93. The van der Waals surface area contributed by atoms with Crippen LogP contribution in [0.15, 0.2) is 77.8 Å². The minimum Gasteiger partial charge on any atom is -0.504 e. The molecule has 1 aliphatic heterocycles. The van der Waals surface area contributed by atoms with E-state index in [1.165, 1.54) is 6.07 Å². The third-order valence-electron chi connectivity index (χ3n) is 8.60. The van der Waals surface area contributed by atoms with E-state index in [-0.39, 0.29) is 18.2 Å². The number of aromatic hydroxyl groups is 1. The van der Waals surface area contributed by atoms with E-state index in [9.17, 15) is 9.50 Å². The van der Waals surface area contributed by atoms with Crippen LogP contribution in [0.1, 0.15) is 41.1 Å². The second-order valence-corrected chi connectivity index (χ2v) is 12.1. The molecule has 1 aliphatic rings. The summed E-state index contributed by atoms with van der Waals surface area (Å²) in [7, 11) is 3.26. The van der Waals surface area contributed by atoms with Crippen LogP contribution in [0.4, 0.5) is 15.8 Å². The number of likely N-dealkylation sites (tertiary alicyclic amines) is 1. The highest BCUT2D eigenvalue weighted by molar-refractivity contribution is 6.30. The summed E-state index contributed by atoms with van der Waals surface area (Å²) in [5.41, 5.74) is 5.43. The van der Waals surface area contributed by atoms with Crippen molar-refractivity contribution in [2.24, 2.45) is 4.99 Å². The quantitative estimate of drug-likeness (QED) is 0.133. The fraction of sp³-hybridized carbons (Fsp3) is 0.351. The number of nitrogens with zero attached hydrogens (tertiary/aromatic N) is 4. The van der Waals surface area contributed by atoms with E-state index in [0.717, 1.165) is 73.8 Å². The standard InChI is InChI=1S/C37H42ClFN4O4/c1-40-33-22-26(21-27-8-12-35(44)36(23-27)46-3)7-11-34(33)43(19-20-45-2)18-17-42-15-13-28(14-16-42)32-5-4-6-37(41-32)47-25-29-9-10-30(38)24-31(29)39/h4-12,22-24,28,44H,1,13-21,25H2,2-3H3. The van der Waals surface area contributed by atoms with E-state index in [0.29, 0.717) is 41.2 Å². The van der Waals surface area contributed by atoms with E-state index in [1.54, 1.807) is 32.4 Å². The van der Waals surface area contributed by atoms with Crippen LogP contribution in [0.25, 0.3) is 0 Å². The average molecular weight is 661 g/mol. The predicted molar refractivity (Wildman–Crippen MR) is 186 cm³/mol. The molecule has 0 amide bonds. The summed E-state index contributed by atoms with van der Waals surface area (Å²) in [6, 6.07) is 22.1. The SMILES string of the molecule is C=Nc1cc(Cc2ccc(O)c(OC)c2)ccc1N(CCOC)CCN1CCC(c2cccc(OCc3ccc(Cl)cc3F)n2)CC1. The van der Waals surface area contributed by atoms with Crippen LogP contribution in [-0.4, -0.2) is 75.3 Å². The summed E-state index contributed by atoms with van der Waals surface area (Å²) in [4.78, 5) is 13.9. The number of anilines is 1. The smallest absolute Gasteiger partial charge is 0.213 e. The Morgan fingerprint density at radius 3 is 2.55 bits per heavy atom. The Bertz CT molecular complexity index is 1650. The molecule has 3 aromatic carbocycles. The number of phenols is 1. The van der Waals surface area contributed by atoms with Gasteiger partial charge in [-0.15, -0.1) is 0 Å². The first kappa shape index (κ1) is 34.2. The number of methoxy groups -OCH3 is 2. The van der Waals surface area contributed by atoms with Gasteiger partial charge in [-0.05, 0) is 92.7 Å². The Morgan fingerprint density at radius 2 is 1.81 bits per heavy atom. The lowest BCUT2D eigenvalue weighted by Gasteiger charge is -2.34. The molecule has 0 bridgehead atoms. The summed E-state index contributed by atoms with van der Waals surface area (Å²) in [6.07, 6.45) is 2.67. The summed E-state index contributed by atoms with van der Waals surface area (Å²) in [5, 5.41) is 10.3. The van der Waals surface area contributed by atoms with Crippen molar-refractivity contribution in [2.45, 2.75) is 31.8 Å². The highest BCUT2D eigenvalue weighted by atomic mass is 35.5. The second kappa shape index (κ2) is 16.6. The van der Waals surface area contributed by atoms with Crippen molar-refractivity contribution in [1.29, 1.82) is 0 Å². The monoisotopic (exact) mass is 660 g/mol. The molecule has 2 heterocycles. The molecule has 248 valence electrons. The van der Waals surface area contributed by atoms with Crippen LogP contribution < -0.4 is 14.4 Å². The first-order valence-electron chi connectivity index (χ1n) is 15.8. The summed E-state index contributed by atoms with van der Waals surface area (Å²) >= 11 is 5.87. The van der Waals surface area contributed by atoms with Crippen LogP contribution in [0.5, 0.6) is 17.4 Å². The van der Waals surface area contributed by atoms with Gasteiger partial charge in [0.15, 0.2) is 11.5 Å². The molecule has 1 saturated heterocycles. The Balaban J connectivity index is 1.17. The maximum Gasteiger partial charge on any atom is 0.213 e. The van der Waals surface area contributed by atoms with Gasteiger partial charge in [-0.3, -0.25) is 4.99 Å². The largest absolute Gasteiger partial charge is 0.504 e. The highest BCUT2D eigenvalue weighted by Gasteiger charge is 2.23. The molecule has 5 rings (SSSR count). The Hall–Kier alpha value is -4.18. The molecular formula is C37H42ClFN4O4. The van der Waals surface area contributed by atoms with E-state index >= 15 is 0 Å². The normalized spacial score (nSPS) is 13.8. The molecule has 10 heteroatoms. The molecule has 0 spiro atoms. The summed E-state index contributed by atoms with van der Waals surface area (Å²) < 4.78 is 30.7. The van der Waals surface area contributed by atoms with Crippen molar-refractivity contribution < 1.29 is 23.7 Å². The van der Waals surface area contributed by atoms with Crippen LogP contribution in [-0.2, 0) is 17.8 Å². The van der Waals surface area contributed by atoms with Gasteiger partial charge in [-0.2, -0.15) is 0 Å². The molecular weight excluding hydrogens is 619 g/mol. The van der Waals surface area contributed by atoms with Gasteiger partial charge in [-0.25, -0.2) is 9.37 Å². The number of hydrogen-bond acceptors (Lipinski definition) is 8. The van der Waals surface area contributed by atoms with Gasteiger partial charge >= 0.3 is 0 Å². The zero-order valence-electron chi connectivity index (χ0n) is 27.0. The Kier molecular flexibility index (Phi) is 12.1. The number of hydrogen-bond donors (Lipinski definition) is 1. The molecule has 1 fully saturated rings. The second-order valence-electron chi connectivity index (χ2n) is 11.7. The third-order valence-corrected chi connectivity index (χ3v) is 8.83. The van der Waals surface area contributed by atoms with Gasteiger partial charge in [0.1, 0.15) is 12.4 Å². The van der Waals surface area contributed by atoms with E-state index in [2.05, 4.69) is 39.7 Å². The maximum absolute atomic E-state index is 14.2. The first-order chi connectivity index (χ1) is 22.9. The molecule has 4 aromatic rings. The molecule has 47 heavy (non-hydrogen) atoms. The van der Waals surface area contributed by atoms with Gasteiger partial charge in [0.05, 0.1) is 25.1 Å². The van der Waals surface area contributed by atoms with E-state index in [4.69, 9.17) is 30.8 Å². The molecule has 1 aromatic heterocycles. The Morgan fingerprint density at radius 1 is 1.02 bits per heavy atom. The number of rotatable bonds is 15. The average Bonchev–Trinajstić information content (AvgIpc) is 3.09. The topological polar surface area (TPSA) is 79.7 Å². The number of benzene rings is 3. The Labute approximate surface area is 281 Å². The molecule has 0 atom stereocenters. The minimum atomic E-state index is -0.386. The molecule has 0 saturated carbocycles. The van der Waals surface area contributed by atoms with E-state index in [1.807, 2.05) is 30.3 Å².